The van der Waals surface area contributed by atoms with Crippen molar-refractivity contribution >= 4 is 17.6 Å². The SMILES string of the molecule is CC.COCCC1CC(N=C(N)OC)c2cc(-c3cncc(Cl)c3)ccc2O1. The molecule has 0 saturated carbocycles. The molecule has 2 N–H and O–H groups in total. The smallest absolute Gasteiger partial charge is 0.282 e. The van der Waals surface area contributed by atoms with Gasteiger partial charge in [-0.3, -0.25) is 4.98 Å². The summed E-state index contributed by atoms with van der Waals surface area (Å²) in [6, 6.07) is 7.88. The molecule has 3 rings (SSSR count). The molecule has 28 heavy (non-hydrogen) atoms. The zero-order chi connectivity index (χ0) is 20.5. The molecular weight excluding hydrogens is 378 g/mol. The van der Waals surface area contributed by atoms with Crippen molar-refractivity contribution in [1.82, 2.24) is 4.98 Å². The lowest BCUT2D eigenvalue weighted by Crippen LogP contribution is -2.28. The highest BCUT2D eigenvalue weighted by atomic mass is 35.5. The van der Waals surface area contributed by atoms with Gasteiger partial charge >= 0.3 is 0 Å². The summed E-state index contributed by atoms with van der Waals surface area (Å²) in [6.45, 7) is 4.63. The highest BCUT2D eigenvalue weighted by molar-refractivity contribution is 6.30. The van der Waals surface area contributed by atoms with Crippen LogP contribution in [-0.4, -0.2) is 37.9 Å². The Kier molecular flexibility index (Phi) is 8.54. The molecular formula is C21H28ClN3O3. The number of nitrogens with two attached hydrogens (primary N) is 1. The number of hydrogen-bond donors (Lipinski definition) is 1. The molecule has 1 aliphatic heterocycles. The van der Waals surface area contributed by atoms with Crippen LogP contribution in [0.1, 0.15) is 38.3 Å². The van der Waals surface area contributed by atoms with Crippen molar-refractivity contribution in [3.05, 3.63) is 47.2 Å². The maximum Gasteiger partial charge on any atom is 0.282 e. The largest absolute Gasteiger partial charge is 0.490 e. The molecule has 0 saturated heterocycles. The first-order valence-electron chi connectivity index (χ1n) is 9.38. The average Bonchev–Trinajstić information content (AvgIpc) is 2.73. The molecule has 2 unspecified atom stereocenters. The van der Waals surface area contributed by atoms with E-state index in [1.807, 2.05) is 38.1 Å². The monoisotopic (exact) mass is 405 g/mol. The summed E-state index contributed by atoms with van der Waals surface area (Å²) in [4.78, 5) is 8.67. The molecule has 0 fully saturated rings. The summed E-state index contributed by atoms with van der Waals surface area (Å²) in [5.41, 5.74) is 8.71. The fourth-order valence-electron chi connectivity index (χ4n) is 3.02. The van der Waals surface area contributed by atoms with Crippen LogP contribution in [-0.2, 0) is 9.47 Å². The number of nitrogens with zero attached hydrogens (tertiary/aromatic N) is 2. The van der Waals surface area contributed by atoms with Crippen molar-refractivity contribution < 1.29 is 14.2 Å². The number of ether oxygens (including phenoxy) is 3. The topological polar surface area (TPSA) is 79.0 Å². The number of pyridine rings is 1. The molecule has 0 amide bonds. The quantitative estimate of drug-likeness (QED) is 0.580. The van der Waals surface area contributed by atoms with Gasteiger partial charge in [-0.15, -0.1) is 0 Å². The molecule has 0 spiro atoms. The van der Waals surface area contributed by atoms with Gasteiger partial charge in [-0.05, 0) is 23.8 Å². The third-order valence-electron chi connectivity index (χ3n) is 4.32. The third kappa shape index (κ3) is 5.59. The fraction of sp³-hybridized carbons (Fsp3) is 0.429. The molecule has 2 heterocycles. The van der Waals surface area contributed by atoms with E-state index in [1.165, 1.54) is 7.11 Å². The van der Waals surface area contributed by atoms with Crippen molar-refractivity contribution in [2.45, 2.75) is 38.8 Å². The summed E-state index contributed by atoms with van der Waals surface area (Å²) >= 11 is 6.07. The second-order valence-electron chi connectivity index (χ2n) is 6.09. The Morgan fingerprint density at radius 1 is 1.25 bits per heavy atom. The lowest BCUT2D eigenvalue weighted by Gasteiger charge is -2.30. The minimum atomic E-state index is -0.146. The Labute approximate surface area is 171 Å². The van der Waals surface area contributed by atoms with E-state index >= 15 is 0 Å². The molecule has 2 atom stereocenters. The second kappa shape index (κ2) is 10.9. The van der Waals surface area contributed by atoms with Gasteiger partial charge in [0, 0.05) is 50.1 Å². The van der Waals surface area contributed by atoms with Gasteiger partial charge in [-0.2, -0.15) is 0 Å². The highest BCUT2D eigenvalue weighted by Crippen LogP contribution is 2.40. The number of hydrogen-bond acceptors (Lipinski definition) is 5. The normalized spacial score (nSPS) is 18.4. The van der Waals surface area contributed by atoms with E-state index < -0.39 is 0 Å². The number of aromatic nitrogens is 1. The first-order valence-corrected chi connectivity index (χ1v) is 9.76. The van der Waals surface area contributed by atoms with Crippen LogP contribution in [0.25, 0.3) is 11.1 Å². The van der Waals surface area contributed by atoms with E-state index in [0.29, 0.717) is 18.1 Å². The first kappa shape index (κ1) is 22.0. The lowest BCUT2D eigenvalue weighted by molar-refractivity contribution is 0.104. The minimum Gasteiger partial charge on any atom is -0.490 e. The van der Waals surface area contributed by atoms with E-state index in [4.69, 9.17) is 31.5 Å². The minimum absolute atomic E-state index is 0.0135. The maximum atomic E-state index is 6.12. The van der Waals surface area contributed by atoms with Crippen LogP contribution in [0.3, 0.4) is 0 Å². The van der Waals surface area contributed by atoms with E-state index in [-0.39, 0.29) is 18.2 Å². The van der Waals surface area contributed by atoms with Gasteiger partial charge in [0.1, 0.15) is 11.9 Å². The van der Waals surface area contributed by atoms with Gasteiger partial charge in [-0.1, -0.05) is 31.5 Å². The standard InChI is InChI=1S/C19H22ClN3O3.C2H6/c1-24-6-5-15-9-17(23-19(21)25-2)16-8-12(3-4-18(16)26-15)13-7-14(20)11-22-10-13;1-2/h3-4,7-8,10-11,15,17H,5-6,9H2,1-2H3,(H2,21,23);1-2H3. The van der Waals surface area contributed by atoms with E-state index in [1.54, 1.807) is 19.5 Å². The first-order chi connectivity index (χ1) is 13.6. The Balaban J connectivity index is 0.00000136. The van der Waals surface area contributed by atoms with Crippen LogP contribution >= 0.6 is 11.6 Å². The van der Waals surface area contributed by atoms with Crippen LogP contribution in [0.2, 0.25) is 5.02 Å². The Hall–Kier alpha value is -2.31. The predicted molar refractivity (Wildman–Crippen MR) is 113 cm³/mol. The molecule has 7 heteroatoms. The number of rotatable bonds is 5. The number of amidine groups is 1. The van der Waals surface area contributed by atoms with Gasteiger partial charge in [0.15, 0.2) is 0 Å². The van der Waals surface area contributed by atoms with Crippen LogP contribution in [0, 0.1) is 0 Å². The molecule has 1 aliphatic rings. The molecule has 2 aromatic rings. The molecule has 1 aromatic heterocycles. The van der Waals surface area contributed by atoms with Crippen LogP contribution in [0.15, 0.2) is 41.7 Å². The maximum absolute atomic E-state index is 6.12. The summed E-state index contributed by atoms with van der Waals surface area (Å²) in [5, 5.41) is 0.592. The fourth-order valence-corrected chi connectivity index (χ4v) is 3.20. The lowest BCUT2D eigenvalue weighted by atomic mass is 9.93. The number of halogens is 1. The summed E-state index contributed by atoms with van der Waals surface area (Å²) < 4.78 is 16.3. The van der Waals surface area contributed by atoms with Crippen molar-refractivity contribution in [2.75, 3.05) is 20.8 Å². The van der Waals surface area contributed by atoms with Crippen molar-refractivity contribution in [3.8, 4) is 16.9 Å². The Morgan fingerprint density at radius 3 is 2.71 bits per heavy atom. The van der Waals surface area contributed by atoms with E-state index in [0.717, 1.165) is 28.9 Å². The van der Waals surface area contributed by atoms with Crippen LogP contribution in [0.5, 0.6) is 5.75 Å². The summed E-state index contributed by atoms with van der Waals surface area (Å²) in [7, 11) is 3.19. The molecule has 152 valence electrons. The number of aliphatic imine (C=N–C) groups is 1. The number of methoxy groups -OCH3 is 2. The van der Waals surface area contributed by atoms with Gasteiger partial charge in [0.2, 0.25) is 0 Å². The number of benzene rings is 1. The average molecular weight is 406 g/mol. The van der Waals surface area contributed by atoms with Gasteiger partial charge in [0.25, 0.3) is 6.02 Å². The molecule has 0 bridgehead atoms. The zero-order valence-electron chi connectivity index (χ0n) is 16.8. The van der Waals surface area contributed by atoms with Gasteiger partial charge < -0.3 is 19.9 Å². The molecule has 0 radical (unpaired) electrons. The predicted octanol–water partition coefficient (Wildman–Crippen LogP) is 4.62. The van der Waals surface area contributed by atoms with Gasteiger partial charge in [0.05, 0.1) is 18.2 Å². The Morgan fingerprint density at radius 2 is 2.04 bits per heavy atom. The Bertz CT molecular complexity index is 798. The summed E-state index contributed by atoms with van der Waals surface area (Å²) in [5.74, 6) is 0.800. The van der Waals surface area contributed by atoms with Crippen molar-refractivity contribution in [1.29, 1.82) is 0 Å². The third-order valence-corrected chi connectivity index (χ3v) is 4.53. The molecule has 0 aliphatic carbocycles. The van der Waals surface area contributed by atoms with Crippen LogP contribution < -0.4 is 10.5 Å². The van der Waals surface area contributed by atoms with Gasteiger partial charge in [-0.25, -0.2) is 4.99 Å². The molecule has 6 nitrogen and oxygen atoms in total. The highest BCUT2D eigenvalue weighted by Gasteiger charge is 2.29. The number of fused-ring (bicyclic) bond motifs is 1. The van der Waals surface area contributed by atoms with Crippen molar-refractivity contribution in [3.63, 3.8) is 0 Å². The second-order valence-corrected chi connectivity index (χ2v) is 6.53. The molecule has 1 aromatic carbocycles. The van der Waals surface area contributed by atoms with Crippen molar-refractivity contribution in [2.24, 2.45) is 10.7 Å². The zero-order valence-corrected chi connectivity index (χ0v) is 17.6. The van der Waals surface area contributed by atoms with E-state index in [9.17, 15) is 0 Å². The van der Waals surface area contributed by atoms with Crippen LogP contribution in [0.4, 0.5) is 0 Å². The summed E-state index contributed by atoms with van der Waals surface area (Å²) in [6.07, 6.45) is 4.89. The van der Waals surface area contributed by atoms with E-state index in [2.05, 4.69) is 9.98 Å².